The second kappa shape index (κ2) is 7.76. The molecule has 0 spiro atoms. The molecular formula is C13H22N6O. The van der Waals surface area contributed by atoms with Crippen LogP contribution in [0.2, 0.25) is 0 Å². The highest BCUT2D eigenvalue weighted by Crippen LogP contribution is 2.08. The van der Waals surface area contributed by atoms with Crippen LogP contribution < -0.4 is 16.0 Å². The van der Waals surface area contributed by atoms with E-state index in [2.05, 4.69) is 25.1 Å². The van der Waals surface area contributed by atoms with Crippen molar-refractivity contribution in [1.82, 2.24) is 20.2 Å². The molecule has 1 fully saturated rings. The first-order valence-electron chi connectivity index (χ1n) is 7.00. The Balaban J connectivity index is 1.66. The molecule has 2 heterocycles. The number of hydrogen-bond acceptors (Lipinski definition) is 6. The molecule has 0 bridgehead atoms. The normalized spacial score (nSPS) is 16.1. The van der Waals surface area contributed by atoms with Crippen molar-refractivity contribution in [3.63, 3.8) is 0 Å². The van der Waals surface area contributed by atoms with Crippen molar-refractivity contribution >= 4 is 11.9 Å². The molecule has 0 unspecified atom stereocenters. The summed E-state index contributed by atoms with van der Waals surface area (Å²) in [6, 6.07) is 1.82. The van der Waals surface area contributed by atoms with E-state index < -0.39 is 0 Å². The fourth-order valence-electron chi connectivity index (χ4n) is 2.20. The van der Waals surface area contributed by atoms with Crippen LogP contribution in [0.25, 0.3) is 0 Å². The minimum atomic E-state index is 0.0313. The monoisotopic (exact) mass is 278 g/mol. The molecule has 1 aromatic rings. The third kappa shape index (κ3) is 4.43. The van der Waals surface area contributed by atoms with Gasteiger partial charge in [0.25, 0.3) is 0 Å². The molecular weight excluding hydrogens is 256 g/mol. The largest absolute Gasteiger partial charge is 0.355 e. The number of carbonyl (C=O) groups is 1. The third-order valence-corrected chi connectivity index (χ3v) is 3.33. The number of aromatic nitrogens is 2. The summed E-state index contributed by atoms with van der Waals surface area (Å²) in [5.41, 5.74) is 5.33. The maximum Gasteiger partial charge on any atom is 0.225 e. The van der Waals surface area contributed by atoms with Crippen LogP contribution in [-0.2, 0) is 4.79 Å². The molecule has 1 amide bonds. The van der Waals surface area contributed by atoms with Gasteiger partial charge in [-0.25, -0.2) is 9.97 Å². The molecule has 110 valence electrons. The molecule has 1 aromatic heterocycles. The highest BCUT2D eigenvalue weighted by molar-refractivity contribution is 5.75. The molecule has 1 aliphatic rings. The van der Waals surface area contributed by atoms with Crippen molar-refractivity contribution in [2.75, 3.05) is 50.7 Å². The Kier molecular flexibility index (Phi) is 5.69. The van der Waals surface area contributed by atoms with Gasteiger partial charge in [0.2, 0.25) is 11.9 Å². The van der Waals surface area contributed by atoms with E-state index >= 15 is 0 Å². The maximum atomic E-state index is 11.3. The lowest BCUT2D eigenvalue weighted by Gasteiger charge is -2.34. The van der Waals surface area contributed by atoms with E-state index in [0.717, 1.165) is 38.7 Å². The molecule has 0 aromatic carbocycles. The van der Waals surface area contributed by atoms with E-state index in [1.165, 1.54) is 0 Å². The van der Waals surface area contributed by atoms with E-state index in [-0.39, 0.29) is 5.91 Å². The molecule has 0 saturated carbocycles. The van der Waals surface area contributed by atoms with Crippen molar-refractivity contribution in [1.29, 1.82) is 0 Å². The quantitative estimate of drug-likeness (QED) is 0.698. The summed E-state index contributed by atoms with van der Waals surface area (Å²) in [6.45, 7) is 5.72. The molecule has 3 N–H and O–H groups in total. The number of anilines is 1. The lowest BCUT2D eigenvalue weighted by molar-refractivity contribution is -0.120. The molecule has 7 heteroatoms. The lowest BCUT2D eigenvalue weighted by Crippen LogP contribution is -2.49. The molecule has 0 aliphatic carbocycles. The Morgan fingerprint density at radius 2 is 1.95 bits per heavy atom. The zero-order chi connectivity index (χ0) is 14.2. The molecule has 1 aliphatic heterocycles. The second-order valence-corrected chi connectivity index (χ2v) is 4.77. The van der Waals surface area contributed by atoms with Gasteiger partial charge in [-0.15, -0.1) is 0 Å². The van der Waals surface area contributed by atoms with Gasteiger partial charge in [-0.05, 0) is 6.07 Å². The third-order valence-electron chi connectivity index (χ3n) is 3.33. The van der Waals surface area contributed by atoms with E-state index in [9.17, 15) is 4.79 Å². The number of nitrogens with one attached hydrogen (secondary N) is 1. The summed E-state index contributed by atoms with van der Waals surface area (Å²) >= 11 is 0. The van der Waals surface area contributed by atoms with E-state index in [0.29, 0.717) is 19.5 Å². The fraction of sp³-hybridized carbons (Fsp3) is 0.615. The van der Waals surface area contributed by atoms with Crippen molar-refractivity contribution in [2.24, 2.45) is 5.73 Å². The molecule has 1 saturated heterocycles. The van der Waals surface area contributed by atoms with E-state index in [1.54, 1.807) is 12.4 Å². The Hall–Kier alpha value is -1.73. The van der Waals surface area contributed by atoms with Crippen molar-refractivity contribution < 1.29 is 4.79 Å². The van der Waals surface area contributed by atoms with Gasteiger partial charge in [-0.1, -0.05) is 0 Å². The van der Waals surface area contributed by atoms with Crippen LogP contribution in [0.1, 0.15) is 6.42 Å². The molecule has 2 rings (SSSR count). The SMILES string of the molecule is NCCC(=O)NCCN1CCN(c2ncccn2)CC1. The van der Waals surface area contributed by atoms with Crippen LogP contribution in [-0.4, -0.2) is 66.6 Å². The highest BCUT2D eigenvalue weighted by atomic mass is 16.1. The number of piperazine rings is 1. The zero-order valence-corrected chi connectivity index (χ0v) is 11.7. The van der Waals surface area contributed by atoms with Crippen LogP contribution >= 0.6 is 0 Å². The Labute approximate surface area is 119 Å². The fourth-order valence-corrected chi connectivity index (χ4v) is 2.20. The summed E-state index contributed by atoms with van der Waals surface area (Å²) in [7, 11) is 0. The molecule has 7 nitrogen and oxygen atoms in total. The maximum absolute atomic E-state index is 11.3. The Morgan fingerprint density at radius 1 is 1.25 bits per heavy atom. The number of hydrogen-bond donors (Lipinski definition) is 2. The van der Waals surface area contributed by atoms with Gasteiger partial charge in [-0.2, -0.15) is 0 Å². The van der Waals surface area contributed by atoms with Crippen LogP contribution in [0.15, 0.2) is 18.5 Å². The van der Waals surface area contributed by atoms with Crippen molar-refractivity contribution in [3.05, 3.63) is 18.5 Å². The first-order valence-corrected chi connectivity index (χ1v) is 7.00. The standard InChI is InChI=1S/C13H22N6O/c14-3-2-12(20)15-6-7-18-8-10-19(11-9-18)13-16-4-1-5-17-13/h1,4-5H,2-3,6-11,14H2,(H,15,20). The van der Waals surface area contributed by atoms with Gasteiger partial charge < -0.3 is 16.0 Å². The van der Waals surface area contributed by atoms with Gasteiger partial charge in [0, 0.05) is 64.6 Å². The highest BCUT2D eigenvalue weighted by Gasteiger charge is 2.18. The summed E-state index contributed by atoms with van der Waals surface area (Å²) in [5, 5.41) is 2.87. The predicted octanol–water partition coefficient (Wildman–Crippen LogP) is -0.936. The average Bonchev–Trinajstić information content (AvgIpc) is 2.49. The molecule has 20 heavy (non-hydrogen) atoms. The minimum absolute atomic E-state index is 0.0313. The van der Waals surface area contributed by atoms with Crippen LogP contribution in [0.4, 0.5) is 5.95 Å². The summed E-state index contributed by atoms with van der Waals surface area (Å²) in [4.78, 5) is 24.3. The van der Waals surface area contributed by atoms with Gasteiger partial charge >= 0.3 is 0 Å². The number of carbonyl (C=O) groups excluding carboxylic acids is 1. The van der Waals surface area contributed by atoms with Crippen molar-refractivity contribution in [3.8, 4) is 0 Å². The topological polar surface area (TPSA) is 87.4 Å². The summed E-state index contributed by atoms with van der Waals surface area (Å²) in [6.07, 6.45) is 3.93. The van der Waals surface area contributed by atoms with E-state index in [4.69, 9.17) is 5.73 Å². The molecule has 0 radical (unpaired) electrons. The summed E-state index contributed by atoms with van der Waals surface area (Å²) < 4.78 is 0. The number of nitrogens with two attached hydrogens (primary N) is 1. The predicted molar refractivity (Wildman–Crippen MR) is 77.4 cm³/mol. The summed E-state index contributed by atoms with van der Waals surface area (Å²) in [5.74, 6) is 0.826. The lowest BCUT2D eigenvalue weighted by atomic mass is 10.3. The van der Waals surface area contributed by atoms with Gasteiger partial charge in [0.1, 0.15) is 0 Å². The molecule has 0 atom stereocenters. The Bertz CT molecular complexity index is 405. The zero-order valence-electron chi connectivity index (χ0n) is 11.7. The van der Waals surface area contributed by atoms with Crippen LogP contribution in [0, 0.1) is 0 Å². The van der Waals surface area contributed by atoms with Crippen LogP contribution in [0.3, 0.4) is 0 Å². The smallest absolute Gasteiger partial charge is 0.225 e. The Morgan fingerprint density at radius 3 is 2.60 bits per heavy atom. The average molecular weight is 278 g/mol. The minimum Gasteiger partial charge on any atom is -0.355 e. The number of amides is 1. The van der Waals surface area contributed by atoms with Crippen molar-refractivity contribution in [2.45, 2.75) is 6.42 Å². The number of rotatable bonds is 6. The van der Waals surface area contributed by atoms with Crippen LogP contribution in [0.5, 0.6) is 0 Å². The van der Waals surface area contributed by atoms with Gasteiger partial charge in [0.05, 0.1) is 0 Å². The first kappa shape index (κ1) is 14.7. The second-order valence-electron chi connectivity index (χ2n) is 4.77. The van der Waals surface area contributed by atoms with Gasteiger partial charge in [0.15, 0.2) is 0 Å². The van der Waals surface area contributed by atoms with E-state index in [1.807, 2.05) is 6.07 Å². The first-order chi connectivity index (χ1) is 9.79. The van der Waals surface area contributed by atoms with Gasteiger partial charge in [-0.3, -0.25) is 9.69 Å². The number of nitrogens with zero attached hydrogens (tertiary/aromatic N) is 4.